The molecule has 0 saturated carbocycles. The number of hydrogen-bond donors (Lipinski definition) is 1. The lowest BCUT2D eigenvalue weighted by molar-refractivity contribution is 0.0928. The number of nitrogens with one attached hydrogen (secondary N) is 1. The Morgan fingerprint density at radius 3 is 2.61 bits per heavy atom. The van der Waals surface area contributed by atoms with Gasteiger partial charge in [0.1, 0.15) is 5.75 Å². The van der Waals surface area contributed by atoms with E-state index in [2.05, 4.69) is 35.1 Å². The topological polar surface area (TPSA) is 38.3 Å². The van der Waals surface area contributed by atoms with Crippen molar-refractivity contribution in [1.82, 2.24) is 5.32 Å². The number of carbonyl (C=O) groups is 1. The lowest BCUT2D eigenvalue weighted by Crippen LogP contribution is -2.39. The summed E-state index contributed by atoms with van der Waals surface area (Å²) in [6.07, 6.45) is 0. The van der Waals surface area contributed by atoms with Gasteiger partial charge in [-0.25, -0.2) is 0 Å². The summed E-state index contributed by atoms with van der Waals surface area (Å²) in [7, 11) is 0. The third-order valence-electron chi connectivity index (χ3n) is 2.72. The summed E-state index contributed by atoms with van der Waals surface area (Å²) < 4.78 is 5.46. The second-order valence-corrected chi connectivity index (χ2v) is 5.05. The lowest BCUT2D eigenvalue weighted by atomic mass is 10.1. The minimum atomic E-state index is -0.0859. The van der Waals surface area contributed by atoms with Crippen LogP contribution < -0.4 is 10.1 Å². The van der Waals surface area contributed by atoms with Crippen LogP contribution in [0.3, 0.4) is 0 Å². The molecule has 1 amide bonds. The van der Waals surface area contributed by atoms with Crippen molar-refractivity contribution in [3.05, 3.63) is 29.8 Å². The van der Waals surface area contributed by atoms with Gasteiger partial charge in [0.05, 0.1) is 12.2 Å². The number of alkyl halides is 1. The highest BCUT2D eigenvalue weighted by atomic mass is 79.9. The molecule has 1 aromatic carbocycles. The Balaban J connectivity index is 2.83. The maximum Gasteiger partial charge on any atom is 0.255 e. The summed E-state index contributed by atoms with van der Waals surface area (Å²) >= 11 is 3.42. The zero-order chi connectivity index (χ0) is 13.5. The first-order valence-electron chi connectivity index (χ1n) is 6.18. The van der Waals surface area contributed by atoms with E-state index in [1.54, 1.807) is 6.07 Å². The molecule has 1 aromatic rings. The smallest absolute Gasteiger partial charge is 0.255 e. The van der Waals surface area contributed by atoms with Crippen LogP contribution in [-0.4, -0.2) is 23.9 Å². The Kier molecular flexibility index (Phi) is 6.19. The van der Waals surface area contributed by atoms with E-state index in [0.29, 0.717) is 23.8 Å². The molecule has 4 heteroatoms. The van der Waals surface area contributed by atoms with Crippen LogP contribution in [0.2, 0.25) is 0 Å². The first kappa shape index (κ1) is 15.0. The highest BCUT2D eigenvalue weighted by Gasteiger charge is 2.18. The van der Waals surface area contributed by atoms with Gasteiger partial charge in [-0.1, -0.05) is 41.9 Å². The molecule has 0 bridgehead atoms. The van der Waals surface area contributed by atoms with E-state index in [4.69, 9.17) is 4.74 Å². The largest absolute Gasteiger partial charge is 0.493 e. The minimum Gasteiger partial charge on any atom is -0.493 e. The van der Waals surface area contributed by atoms with Crippen LogP contribution in [0.5, 0.6) is 5.75 Å². The minimum absolute atomic E-state index is 0.0859. The van der Waals surface area contributed by atoms with Crippen LogP contribution in [0.1, 0.15) is 31.1 Å². The van der Waals surface area contributed by atoms with Gasteiger partial charge in [-0.15, -0.1) is 0 Å². The van der Waals surface area contributed by atoms with Crippen LogP contribution in [0.15, 0.2) is 24.3 Å². The van der Waals surface area contributed by atoms with Crippen molar-refractivity contribution in [2.45, 2.75) is 26.8 Å². The Labute approximate surface area is 117 Å². The van der Waals surface area contributed by atoms with E-state index in [9.17, 15) is 4.79 Å². The zero-order valence-corrected chi connectivity index (χ0v) is 12.7. The monoisotopic (exact) mass is 313 g/mol. The summed E-state index contributed by atoms with van der Waals surface area (Å²) in [5, 5.41) is 3.76. The Bertz CT molecular complexity index is 393. The molecule has 18 heavy (non-hydrogen) atoms. The molecule has 0 aliphatic heterocycles. The second kappa shape index (κ2) is 7.41. The zero-order valence-electron chi connectivity index (χ0n) is 11.1. The van der Waals surface area contributed by atoms with Gasteiger partial charge in [-0.3, -0.25) is 4.79 Å². The van der Waals surface area contributed by atoms with Crippen LogP contribution in [0, 0.1) is 5.92 Å². The number of rotatable bonds is 6. The molecule has 0 aliphatic carbocycles. The van der Waals surface area contributed by atoms with Crippen molar-refractivity contribution in [2.75, 3.05) is 11.9 Å². The van der Waals surface area contributed by atoms with E-state index >= 15 is 0 Å². The van der Waals surface area contributed by atoms with Crippen molar-refractivity contribution in [3.8, 4) is 5.75 Å². The molecule has 0 aliphatic rings. The van der Waals surface area contributed by atoms with Crippen LogP contribution in [0.25, 0.3) is 0 Å². The molecular weight excluding hydrogens is 294 g/mol. The normalized spacial score (nSPS) is 12.3. The average molecular weight is 314 g/mol. The van der Waals surface area contributed by atoms with Crippen LogP contribution >= 0.6 is 15.9 Å². The van der Waals surface area contributed by atoms with Gasteiger partial charge >= 0.3 is 0 Å². The molecule has 1 unspecified atom stereocenters. The molecule has 1 rings (SSSR count). The van der Waals surface area contributed by atoms with Gasteiger partial charge in [-0.2, -0.15) is 0 Å². The fraction of sp³-hybridized carbons (Fsp3) is 0.500. The number of ether oxygens (including phenoxy) is 1. The number of amides is 1. The van der Waals surface area contributed by atoms with Gasteiger partial charge in [0.25, 0.3) is 5.91 Å². The highest BCUT2D eigenvalue weighted by Crippen LogP contribution is 2.18. The van der Waals surface area contributed by atoms with E-state index in [0.717, 1.165) is 5.33 Å². The summed E-state index contributed by atoms with van der Waals surface area (Å²) in [5.41, 5.74) is 0.589. The van der Waals surface area contributed by atoms with Crippen molar-refractivity contribution in [3.63, 3.8) is 0 Å². The number of carbonyl (C=O) groups excluding carboxylic acids is 1. The van der Waals surface area contributed by atoms with Crippen molar-refractivity contribution < 1.29 is 9.53 Å². The molecule has 3 nitrogen and oxygen atoms in total. The molecule has 0 saturated heterocycles. The fourth-order valence-corrected chi connectivity index (χ4v) is 2.47. The third-order valence-corrected chi connectivity index (χ3v) is 3.42. The SMILES string of the molecule is CCOc1ccccc1C(=O)NC(CBr)C(C)C. The highest BCUT2D eigenvalue weighted by molar-refractivity contribution is 9.09. The quantitative estimate of drug-likeness (QED) is 0.819. The van der Waals surface area contributed by atoms with Gasteiger partial charge in [0.15, 0.2) is 0 Å². The van der Waals surface area contributed by atoms with E-state index < -0.39 is 0 Å². The number of hydrogen-bond acceptors (Lipinski definition) is 2. The fourth-order valence-electron chi connectivity index (χ4n) is 1.57. The van der Waals surface area contributed by atoms with Crippen LogP contribution in [-0.2, 0) is 0 Å². The van der Waals surface area contributed by atoms with Crippen LogP contribution in [0.4, 0.5) is 0 Å². The lowest BCUT2D eigenvalue weighted by Gasteiger charge is -2.20. The van der Waals surface area contributed by atoms with E-state index in [1.807, 2.05) is 25.1 Å². The summed E-state index contributed by atoms with van der Waals surface area (Å²) in [5.74, 6) is 0.930. The van der Waals surface area contributed by atoms with Gasteiger partial charge in [0.2, 0.25) is 0 Å². The molecule has 1 atom stereocenters. The van der Waals surface area contributed by atoms with Crippen molar-refractivity contribution in [2.24, 2.45) is 5.92 Å². The molecule has 0 aromatic heterocycles. The average Bonchev–Trinajstić information content (AvgIpc) is 2.36. The Morgan fingerprint density at radius 2 is 2.06 bits per heavy atom. The molecular formula is C14H20BrNO2. The van der Waals surface area contributed by atoms with E-state index in [-0.39, 0.29) is 11.9 Å². The predicted octanol–water partition coefficient (Wildman–Crippen LogP) is 3.23. The summed E-state index contributed by atoms with van der Waals surface area (Å²) in [6, 6.07) is 7.43. The number of benzene rings is 1. The number of halogens is 1. The standard InChI is InChI=1S/C14H20BrNO2/c1-4-18-13-8-6-5-7-11(13)14(17)16-12(9-15)10(2)3/h5-8,10,12H,4,9H2,1-3H3,(H,16,17). The summed E-state index contributed by atoms with van der Waals surface area (Å²) in [4.78, 5) is 12.2. The molecule has 0 heterocycles. The molecule has 0 radical (unpaired) electrons. The number of para-hydroxylation sites is 1. The Morgan fingerprint density at radius 1 is 1.39 bits per heavy atom. The second-order valence-electron chi connectivity index (χ2n) is 4.41. The molecule has 100 valence electrons. The van der Waals surface area contributed by atoms with Gasteiger partial charge in [-0.05, 0) is 25.0 Å². The maximum atomic E-state index is 12.2. The first-order valence-corrected chi connectivity index (χ1v) is 7.31. The molecule has 0 spiro atoms. The first-order chi connectivity index (χ1) is 8.60. The van der Waals surface area contributed by atoms with E-state index in [1.165, 1.54) is 0 Å². The van der Waals surface area contributed by atoms with Crippen molar-refractivity contribution in [1.29, 1.82) is 0 Å². The van der Waals surface area contributed by atoms with Gasteiger partial charge in [0, 0.05) is 11.4 Å². The molecule has 0 fully saturated rings. The predicted molar refractivity (Wildman–Crippen MR) is 77.5 cm³/mol. The van der Waals surface area contributed by atoms with Crippen molar-refractivity contribution >= 4 is 21.8 Å². The maximum absolute atomic E-state index is 12.2. The van der Waals surface area contributed by atoms with Gasteiger partial charge < -0.3 is 10.1 Å². The molecule has 1 N–H and O–H groups in total. The third kappa shape index (κ3) is 4.02. The Hall–Kier alpha value is -1.03. The summed E-state index contributed by atoms with van der Waals surface area (Å²) in [6.45, 7) is 6.63.